The Kier molecular flexibility index (Phi) is 10.7. The first kappa shape index (κ1) is 20.1. The van der Waals surface area contributed by atoms with E-state index in [1.165, 1.54) is 13.0 Å². The zero-order valence-corrected chi connectivity index (χ0v) is 14.2. The van der Waals surface area contributed by atoms with Gasteiger partial charge in [-0.2, -0.15) is 0 Å². The van der Waals surface area contributed by atoms with Crippen molar-refractivity contribution >= 4 is 12.4 Å². The average Bonchev–Trinajstić information content (AvgIpc) is 2.46. The molecular formula is C17H28N2O3. The van der Waals surface area contributed by atoms with Crippen LogP contribution in [0.2, 0.25) is 0 Å². The number of para-hydroxylation sites is 1. The monoisotopic (exact) mass is 308 g/mol. The summed E-state index contributed by atoms with van der Waals surface area (Å²) in [6.45, 7) is 7.09. The Morgan fingerprint density at radius 2 is 1.86 bits per heavy atom. The molecular weight excluding hydrogens is 280 g/mol. The number of amides is 1. The fourth-order valence-corrected chi connectivity index (χ4v) is 1.57. The number of benzene rings is 1. The molecule has 1 rings (SSSR count). The van der Waals surface area contributed by atoms with E-state index in [0.717, 1.165) is 0 Å². The van der Waals surface area contributed by atoms with Crippen molar-refractivity contribution in [3.05, 3.63) is 30.3 Å². The molecule has 0 heterocycles. The highest BCUT2D eigenvalue weighted by atomic mass is 16.6. The van der Waals surface area contributed by atoms with Crippen LogP contribution in [-0.4, -0.2) is 44.0 Å². The van der Waals surface area contributed by atoms with Gasteiger partial charge in [-0.3, -0.25) is 0 Å². The Morgan fingerprint density at radius 1 is 1.27 bits per heavy atom. The number of carbonyl (C=O) groups is 2. The standard InChI is InChI=1S/C12H15NO3.C5H13N/c1-9(2)11(8-14)13-12(15)16-10-6-4-3-5-7-10;1-4-5-6(2)3/h3-9,11H,1-2H3,(H,13,15);4-5H2,1-3H3. The molecule has 1 atom stereocenters. The first-order chi connectivity index (χ1) is 10.4. The highest BCUT2D eigenvalue weighted by molar-refractivity contribution is 5.75. The second-order valence-electron chi connectivity index (χ2n) is 5.56. The summed E-state index contributed by atoms with van der Waals surface area (Å²) < 4.78 is 4.99. The predicted octanol–water partition coefficient (Wildman–Crippen LogP) is 2.96. The largest absolute Gasteiger partial charge is 0.413 e. The molecule has 22 heavy (non-hydrogen) atoms. The van der Waals surface area contributed by atoms with Crippen LogP contribution < -0.4 is 10.1 Å². The first-order valence-electron chi connectivity index (χ1n) is 7.54. The molecule has 0 spiro atoms. The van der Waals surface area contributed by atoms with E-state index >= 15 is 0 Å². The SMILES string of the molecule is CC(C)C(C=O)NC(=O)Oc1ccccc1.CCCN(C)C. The summed E-state index contributed by atoms with van der Waals surface area (Å²) in [5.41, 5.74) is 0. The predicted molar refractivity (Wildman–Crippen MR) is 89.1 cm³/mol. The van der Waals surface area contributed by atoms with Crippen LogP contribution in [0.15, 0.2) is 30.3 Å². The molecule has 0 aliphatic heterocycles. The van der Waals surface area contributed by atoms with Crippen molar-refractivity contribution < 1.29 is 14.3 Å². The number of nitrogens with one attached hydrogen (secondary N) is 1. The smallest absolute Gasteiger partial charge is 0.410 e. The van der Waals surface area contributed by atoms with E-state index < -0.39 is 12.1 Å². The van der Waals surface area contributed by atoms with Crippen molar-refractivity contribution in [2.24, 2.45) is 5.92 Å². The van der Waals surface area contributed by atoms with E-state index in [2.05, 4.69) is 31.2 Å². The minimum atomic E-state index is -0.614. The van der Waals surface area contributed by atoms with Gasteiger partial charge in [0.15, 0.2) is 0 Å². The van der Waals surface area contributed by atoms with Crippen molar-refractivity contribution in [1.29, 1.82) is 0 Å². The number of hydrogen-bond donors (Lipinski definition) is 1. The van der Waals surface area contributed by atoms with Crippen molar-refractivity contribution in [1.82, 2.24) is 10.2 Å². The molecule has 0 aromatic heterocycles. The zero-order valence-electron chi connectivity index (χ0n) is 14.2. The molecule has 0 saturated carbocycles. The topological polar surface area (TPSA) is 58.6 Å². The summed E-state index contributed by atoms with van der Waals surface area (Å²) >= 11 is 0. The van der Waals surface area contributed by atoms with Crippen molar-refractivity contribution in [3.8, 4) is 5.75 Å². The normalized spacial score (nSPS) is 11.4. The van der Waals surface area contributed by atoms with Gasteiger partial charge in [0.1, 0.15) is 12.0 Å². The third kappa shape index (κ3) is 9.94. The summed E-state index contributed by atoms with van der Waals surface area (Å²) in [7, 11) is 4.17. The lowest BCUT2D eigenvalue weighted by molar-refractivity contribution is -0.110. The third-order valence-electron chi connectivity index (χ3n) is 2.77. The van der Waals surface area contributed by atoms with Gasteiger partial charge >= 0.3 is 6.09 Å². The molecule has 0 radical (unpaired) electrons. The molecule has 1 unspecified atom stereocenters. The Hall–Kier alpha value is -1.88. The van der Waals surface area contributed by atoms with E-state index in [1.807, 2.05) is 19.9 Å². The van der Waals surface area contributed by atoms with Gasteiger partial charge in [-0.15, -0.1) is 0 Å². The summed E-state index contributed by atoms with van der Waals surface area (Å²) in [5, 5.41) is 2.49. The van der Waals surface area contributed by atoms with Crippen LogP contribution in [0.3, 0.4) is 0 Å². The van der Waals surface area contributed by atoms with Gasteiger partial charge < -0.3 is 19.7 Å². The third-order valence-corrected chi connectivity index (χ3v) is 2.77. The number of carbonyl (C=O) groups excluding carboxylic acids is 2. The fourth-order valence-electron chi connectivity index (χ4n) is 1.57. The molecule has 1 amide bonds. The molecule has 0 bridgehead atoms. The summed E-state index contributed by atoms with van der Waals surface area (Å²) in [4.78, 5) is 24.2. The molecule has 5 heteroatoms. The lowest BCUT2D eigenvalue weighted by atomic mass is 10.1. The van der Waals surface area contributed by atoms with Crippen LogP contribution in [0.5, 0.6) is 5.75 Å². The lowest BCUT2D eigenvalue weighted by Gasteiger charge is -2.15. The summed E-state index contributed by atoms with van der Waals surface area (Å²) in [6, 6.07) is 8.18. The molecule has 0 aliphatic rings. The van der Waals surface area contributed by atoms with Crippen LogP contribution in [-0.2, 0) is 4.79 Å². The Labute approximate surface area is 133 Å². The highest BCUT2D eigenvalue weighted by Gasteiger charge is 2.15. The molecule has 5 nitrogen and oxygen atoms in total. The van der Waals surface area contributed by atoms with Crippen LogP contribution in [0.1, 0.15) is 27.2 Å². The van der Waals surface area contributed by atoms with Crippen molar-refractivity contribution in [3.63, 3.8) is 0 Å². The molecule has 124 valence electrons. The average molecular weight is 308 g/mol. The maximum atomic E-state index is 11.4. The van der Waals surface area contributed by atoms with Crippen LogP contribution in [0, 0.1) is 5.92 Å². The van der Waals surface area contributed by atoms with Gasteiger partial charge in [0.05, 0.1) is 6.04 Å². The minimum absolute atomic E-state index is 0.0424. The first-order valence-corrected chi connectivity index (χ1v) is 7.54. The maximum absolute atomic E-state index is 11.4. The number of hydrogen-bond acceptors (Lipinski definition) is 4. The molecule has 1 aromatic carbocycles. The van der Waals surface area contributed by atoms with E-state index in [0.29, 0.717) is 12.0 Å². The van der Waals surface area contributed by atoms with E-state index in [1.54, 1.807) is 24.3 Å². The Bertz CT molecular complexity index is 419. The quantitative estimate of drug-likeness (QED) is 0.821. The van der Waals surface area contributed by atoms with E-state index in [9.17, 15) is 9.59 Å². The van der Waals surface area contributed by atoms with Crippen LogP contribution in [0.25, 0.3) is 0 Å². The van der Waals surface area contributed by atoms with Crippen molar-refractivity contribution in [2.45, 2.75) is 33.2 Å². The van der Waals surface area contributed by atoms with Gasteiger partial charge in [0, 0.05) is 0 Å². The Morgan fingerprint density at radius 3 is 2.23 bits per heavy atom. The number of nitrogens with zero attached hydrogens (tertiary/aromatic N) is 1. The van der Waals surface area contributed by atoms with Crippen LogP contribution >= 0.6 is 0 Å². The highest BCUT2D eigenvalue weighted by Crippen LogP contribution is 2.08. The maximum Gasteiger partial charge on any atom is 0.413 e. The van der Waals surface area contributed by atoms with Gasteiger partial charge in [0.25, 0.3) is 0 Å². The zero-order chi connectivity index (χ0) is 17.0. The molecule has 1 aromatic rings. The Balaban J connectivity index is 0.000000626. The van der Waals surface area contributed by atoms with Gasteiger partial charge in [-0.1, -0.05) is 39.0 Å². The molecule has 0 saturated heterocycles. The van der Waals surface area contributed by atoms with Gasteiger partial charge in [0.2, 0.25) is 0 Å². The number of aldehydes is 1. The fraction of sp³-hybridized carbons (Fsp3) is 0.529. The van der Waals surface area contributed by atoms with Crippen LogP contribution in [0.4, 0.5) is 4.79 Å². The number of rotatable bonds is 6. The van der Waals surface area contributed by atoms with Gasteiger partial charge in [-0.25, -0.2) is 4.79 Å². The second kappa shape index (κ2) is 11.7. The minimum Gasteiger partial charge on any atom is -0.410 e. The summed E-state index contributed by atoms with van der Waals surface area (Å²) in [6.07, 6.45) is 1.35. The van der Waals surface area contributed by atoms with Gasteiger partial charge in [-0.05, 0) is 45.1 Å². The second-order valence-corrected chi connectivity index (χ2v) is 5.56. The molecule has 0 fully saturated rings. The van der Waals surface area contributed by atoms with E-state index in [-0.39, 0.29) is 5.92 Å². The molecule has 1 N–H and O–H groups in total. The number of ether oxygens (including phenoxy) is 1. The van der Waals surface area contributed by atoms with Crippen molar-refractivity contribution in [2.75, 3.05) is 20.6 Å². The molecule has 0 aliphatic carbocycles. The summed E-state index contributed by atoms with van der Waals surface area (Å²) in [5.74, 6) is 0.495. The lowest BCUT2D eigenvalue weighted by Crippen LogP contribution is -2.41. The van der Waals surface area contributed by atoms with E-state index in [4.69, 9.17) is 4.74 Å².